The van der Waals surface area contributed by atoms with E-state index in [4.69, 9.17) is 0 Å². The molecular formula is C48H37OP. The van der Waals surface area contributed by atoms with Crippen molar-refractivity contribution in [2.75, 3.05) is 13.3 Å². The topological polar surface area (TPSA) is 17.1 Å². The van der Waals surface area contributed by atoms with E-state index in [0.29, 0.717) is 0 Å². The van der Waals surface area contributed by atoms with Crippen LogP contribution in [0.15, 0.2) is 188 Å². The van der Waals surface area contributed by atoms with Crippen LogP contribution in [0.25, 0.3) is 54.9 Å². The van der Waals surface area contributed by atoms with E-state index in [1.165, 1.54) is 60.5 Å². The molecule has 0 heterocycles. The summed E-state index contributed by atoms with van der Waals surface area (Å²) < 4.78 is 13.2. The maximum Gasteiger partial charge on any atom is 0.109 e. The Labute approximate surface area is 294 Å². The lowest BCUT2D eigenvalue weighted by molar-refractivity contribution is 0.588. The second kappa shape index (κ2) is 13.3. The van der Waals surface area contributed by atoms with Crippen molar-refractivity contribution in [3.8, 4) is 22.3 Å². The predicted molar refractivity (Wildman–Crippen MR) is 216 cm³/mol. The first-order chi connectivity index (χ1) is 24.5. The molecule has 2 heteroatoms. The van der Waals surface area contributed by atoms with Gasteiger partial charge in [-0.15, -0.1) is 0 Å². The highest BCUT2D eigenvalue weighted by atomic mass is 31.2. The summed E-state index contributed by atoms with van der Waals surface area (Å²) in [6.07, 6.45) is 0. The van der Waals surface area contributed by atoms with E-state index in [9.17, 15) is 4.57 Å². The second-order valence-electron chi connectivity index (χ2n) is 13.2. The minimum Gasteiger partial charge on any atom is -0.319 e. The van der Waals surface area contributed by atoms with Gasteiger partial charge in [0, 0.05) is 5.30 Å². The Morgan fingerprint density at radius 1 is 0.360 bits per heavy atom. The van der Waals surface area contributed by atoms with Gasteiger partial charge in [-0.2, -0.15) is 0 Å². The molecule has 0 spiro atoms. The van der Waals surface area contributed by atoms with Crippen LogP contribution in [0.3, 0.4) is 0 Å². The standard InChI is InChI=1S/C48H37OP/c1-50(2,49)40-27-17-26-39(33-40)48-43-30-14-12-28-41(43)47(42-29-13-15-31-44(42)48)38-25-16-24-37(32-38)46(36-22-10-5-11-23-36)45(34-18-6-3-7-19-34)35-20-8-4-9-21-35/h3-33H,1-2H3. The van der Waals surface area contributed by atoms with Crippen LogP contribution in [0, 0.1) is 0 Å². The molecule has 0 atom stereocenters. The van der Waals surface area contributed by atoms with Crippen LogP contribution < -0.4 is 5.30 Å². The van der Waals surface area contributed by atoms with Crippen LogP contribution in [0.5, 0.6) is 0 Å². The Kier molecular flexibility index (Phi) is 8.37. The monoisotopic (exact) mass is 660 g/mol. The third-order valence-corrected chi connectivity index (χ3v) is 11.1. The van der Waals surface area contributed by atoms with Gasteiger partial charge in [-0.1, -0.05) is 176 Å². The van der Waals surface area contributed by atoms with Crippen molar-refractivity contribution in [3.05, 3.63) is 210 Å². The Bertz CT molecular complexity index is 2460. The quantitative estimate of drug-likeness (QED) is 0.0944. The van der Waals surface area contributed by atoms with E-state index in [0.717, 1.165) is 22.0 Å². The molecule has 0 aliphatic carbocycles. The molecule has 0 aliphatic heterocycles. The smallest absolute Gasteiger partial charge is 0.109 e. The van der Waals surface area contributed by atoms with Gasteiger partial charge >= 0.3 is 0 Å². The van der Waals surface area contributed by atoms with Crippen LogP contribution >= 0.6 is 7.14 Å². The van der Waals surface area contributed by atoms with Gasteiger partial charge in [0.2, 0.25) is 0 Å². The summed E-state index contributed by atoms with van der Waals surface area (Å²) in [7, 11) is -2.44. The fourth-order valence-corrected chi connectivity index (χ4v) is 8.20. The van der Waals surface area contributed by atoms with Crippen LogP contribution in [0.2, 0.25) is 0 Å². The first-order valence-corrected chi connectivity index (χ1v) is 19.7. The molecule has 8 aromatic carbocycles. The largest absolute Gasteiger partial charge is 0.319 e. The molecule has 50 heavy (non-hydrogen) atoms. The first-order valence-electron chi connectivity index (χ1n) is 17.1. The number of fused-ring (bicyclic) bond motifs is 2. The third-order valence-electron chi connectivity index (χ3n) is 9.57. The summed E-state index contributed by atoms with van der Waals surface area (Å²) in [6, 6.07) is 67.0. The number of benzene rings is 8. The van der Waals surface area contributed by atoms with Crippen molar-refractivity contribution in [1.29, 1.82) is 0 Å². The highest BCUT2D eigenvalue weighted by Gasteiger charge is 2.20. The van der Waals surface area contributed by atoms with Crippen molar-refractivity contribution in [3.63, 3.8) is 0 Å². The SMILES string of the molecule is CP(C)(=O)c1cccc(-c2c3ccccc3c(-c3cccc(C(=C(c4ccccc4)c4ccccc4)c4ccccc4)c3)c3ccccc23)c1. The maximum atomic E-state index is 13.2. The molecule has 1 nitrogen and oxygen atoms in total. The highest BCUT2D eigenvalue weighted by Crippen LogP contribution is 2.46. The lowest BCUT2D eigenvalue weighted by Gasteiger charge is -2.21. The van der Waals surface area contributed by atoms with Gasteiger partial charge in [-0.3, -0.25) is 0 Å². The lowest BCUT2D eigenvalue weighted by Crippen LogP contribution is -2.02. The van der Waals surface area contributed by atoms with Crippen LogP contribution in [0.1, 0.15) is 22.3 Å². The zero-order valence-corrected chi connectivity index (χ0v) is 29.1. The molecule has 0 saturated carbocycles. The average Bonchev–Trinajstić information content (AvgIpc) is 3.16. The van der Waals surface area contributed by atoms with Gasteiger partial charge in [0.25, 0.3) is 0 Å². The Morgan fingerprint density at radius 3 is 1.12 bits per heavy atom. The van der Waals surface area contributed by atoms with E-state index < -0.39 is 7.14 Å². The van der Waals surface area contributed by atoms with Crippen molar-refractivity contribution >= 4 is 45.1 Å². The first kappa shape index (κ1) is 31.5. The minimum absolute atomic E-state index is 0.896. The predicted octanol–water partition coefficient (Wildman–Crippen LogP) is 12.6. The Morgan fingerprint density at radius 2 is 0.700 bits per heavy atom. The van der Waals surface area contributed by atoms with Crippen molar-refractivity contribution in [1.82, 2.24) is 0 Å². The van der Waals surface area contributed by atoms with E-state index in [2.05, 4.69) is 176 Å². The zero-order chi connectivity index (χ0) is 34.1. The second-order valence-corrected chi connectivity index (χ2v) is 16.4. The van der Waals surface area contributed by atoms with Crippen molar-refractivity contribution < 1.29 is 4.57 Å². The summed E-state index contributed by atoms with van der Waals surface area (Å²) in [5, 5.41) is 5.64. The van der Waals surface area contributed by atoms with E-state index in [1.807, 2.05) is 25.5 Å². The molecule has 8 aromatic rings. The molecule has 8 rings (SSSR count). The molecule has 0 bridgehead atoms. The number of hydrogen-bond donors (Lipinski definition) is 0. The van der Waals surface area contributed by atoms with Crippen LogP contribution in [-0.4, -0.2) is 13.3 Å². The van der Waals surface area contributed by atoms with Gasteiger partial charge in [0.15, 0.2) is 0 Å². The maximum absolute atomic E-state index is 13.2. The van der Waals surface area contributed by atoms with E-state index in [-0.39, 0.29) is 0 Å². The molecule has 0 amide bonds. The lowest BCUT2D eigenvalue weighted by atomic mass is 9.83. The van der Waals surface area contributed by atoms with Gasteiger partial charge in [-0.05, 0) is 103 Å². The van der Waals surface area contributed by atoms with Gasteiger partial charge in [0.1, 0.15) is 7.14 Å². The molecule has 240 valence electrons. The highest BCUT2D eigenvalue weighted by molar-refractivity contribution is 7.70. The molecule has 0 aliphatic rings. The fraction of sp³-hybridized carbons (Fsp3) is 0.0417. The number of rotatable bonds is 7. The molecular weight excluding hydrogens is 624 g/mol. The molecule has 0 unspecified atom stereocenters. The normalized spacial score (nSPS) is 11.5. The van der Waals surface area contributed by atoms with Crippen LogP contribution in [-0.2, 0) is 4.57 Å². The summed E-state index contributed by atoms with van der Waals surface area (Å²) in [6.45, 7) is 3.69. The van der Waals surface area contributed by atoms with Gasteiger partial charge < -0.3 is 4.57 Å². The van der Waals surface area contributed by atoms with E-state index >= 15 is 0 Å². The summed E-state index contributed by atoms with van der Waals surface area (Å²) >= 11 is 0. The van der Waals surface area contributed by atoms with Crippen molar-refractivity contribution in [2.45, 2.75) is 0 Å². The van der Waals surface area contributed by atoms with Gasteiger partial charge in [-0.25, -0.2) is 0 Å². The Balaban J connectivity index is 1.43. The van der Waals surface area contributed by atoms with E-state index in [1.54, 1.807) is 0 Å². The molecule has 0 saturated heterocycles. The van der Waals surface area contributed by atoms with Crippen molar-refractivity contribution in [2.24, 2.45) is 0 Å². The van der Waals surface area contributed by atoms with Gasteiger partial charge in [0.05, 0.1) is 0 Å². The number of hydrogen-bond acceptors (Lipinski definition) is 1. The molecule has 0 fully saturated rings. The summed E-state index contributed by atoms with van der Waals surface area (Å²) in [5.74, 6) is 0. The molecule has 0 N–H and O–H groups in total. The average molecular weight is 661 g/mol. The minimum atomic E-state index is -2.44. The summed E-state index contributed by atoms with van der Waals surface area (Å²) in [5.41, 5.74) is 11.7. The Hall–Kier alpha value is -5.75. The third kappa shape index (κ3) is 5.91. The summed E-state index contributed by atoms with van der Waals surface area (Å²) in [4.78, 5) is 0. The van der Waals surface area contributed by atoms with Crippen LogP contribution in [0.4, 0.5) is 0 Å². The molecule has 0 aromatic heterocycles. The zero-order valence-electron chi connectivity index (χ0n) is 28.3. The fourth-order valence-electron chi connectivity index (χ4n) is 7.30. The molecule has 0 radical (unpaired) electrons.